The minimum atomic E-state index is 0.408. The van der Waals surface area contributed by atoms with Crippen LogP contribution in [0.5, 0.6) is 0 Å². The second kappa shape index (κ2) is 5.91. The van der Waals surface area contributed by atoms with E-state index >= 15 is 0 Å². The predicted molar refractivity (Wildman–Crippen MR) is 63.8 cm³/mol. The molecule has 0 saturated heterocycles. The zero-order valence-corrected chi connectivity index (χ0v) is 10.3. The van der Waals surface area contributed by atoms with Crippen LogP contribution in [0.3, 0.4) is 0 Å². The van der Waals surface area contributed by atoms with Gasteiger partial charge in [-0.05, 0) is 25.8 Å². The van der Waals surface area contributed by atoms with E-state index < -0.39 is 0 Å². The topological polar surface area (TPSA) is 29.9 Å². The fourth-order valence-electron chi connectivity index (χ4n) is 1.56. The van der Waals surface area contributed by atoms with Crippen molar-refractivity contribution in [3.05, 3.63) is 18.0 Å². The first-order valence-corrected chi connectivity index (χ1v) is 5.89. The van der Waals surface area contributed by atoms with Crippen molar-refractivity contribution < 1.29 is 0 Å². The van der Waals surface area contributed by atoms with Crippen molar-refractivity contribution in [3.8, 4) is 0 Å². The van der Waals surface area contributed by atoms with Gasteiger partial charge < -0.3 is 5.32 Å². The second-order valence-electron chi connectivity index (χ2n) is 4.57. The molecule has 1 heterocycles. The van der Waals surface area contributed by atoms with Crippen molar-refractivity contribution >= 4 is 0 Å². The third-order valence-electron chi connectivity index (χ3n) is 2.41. The summed E-state index contributed by atoms with van der Waals surface area (Å²) >= 11 is 0. The van der Waals surface area contributed by atoms with Crippen LogP contribution >= 0.6 is 0 Å². The monoisotopic (exact) mass is 209 g/mol. The van der Waals surface area contributed by atoms with Crippen LogP contribution in [-0.2, 0) is 6.54 Å². The maximum atomic E-state index is 4.36. The van der Waals surface area contributed by atoms with Crippen molar-refractivity contribution in [1.82, 2.24) is 15.1 Å². The van der Waals surface area contributed by atoms with Gasteiger partial charge in [0.2, 0.25) is 0 Å². The summed E-state index contributed by atoms with van der Waals surface area (Å²) in [7, 11) is 0. The Labute approximate surface area is 92.9 Å². The Kier molecular flexibility index (Phi) is 4.82. The molecule has 0 saturated carbocycles. The van der Waals surface area contributed by atoms with E-state index in [1.165, 1.54) is 12.0 Å². The molecular weight excluding hydrogens is 186 g/mol. The molecule has 1 atom stereocenters. The van der Waals surface area contributed by atoms with Gasteiger partial charge in [0.05, 0.1) is 6.20 Å². The van der Waals surface area contributed by atoms with Crippen molar-refractivity contribution in [2.75, 3.05) is 6.54 Å². The van der Waals surface area contributed by atoms with Gasteiger partial charge in [-0.15, -0.1) is 0 Å². The molecule has 3 heteroatoms. The molecule has 1 aromatic heterocycles. The van der Waals surface area contributed by atoms with Gasteiger partial charge in [0.25, 0.3) is 0 Å². The molecule has 0 aromatic carbocycles. The van der Waals surface area contributed by atoms with Crippen molar-refractivity contribution in [3.63, 3.8) is 0 Å². The Balaban J connectivity index is 2.51. The highest BCUT2D eigenvalue weighted by Crippen LogP contribution is 2.11. The number of aromatic nitrogens is 2. The summed E-state index contributed by atoms with van der Waals surface area (Å²) in [4.78, 5) is 0. The summed E-state index contributed by atoms with van der Waals surface area (Å²) < 4.78 is 2.03. The average Bonchev–Trinajstić information content (AvgIpc) is 2.61. The van der Waals surface area contributed by atoms with Gasteiger partial charge >= 0.3 is 0 Å². The summed E-state index contributed by atoms with van der Waals surface area (Å²) in [5.74, 6) is 0.650. The molecule has 0 amide bonds. The molecular formula is C12H23N3. The molecule has 0 radical (unpaired) electrons. The lowest BCUT2D eigenvalue weighted by Gasteiger charge is -2.10. The number of nitrogens with one attached hydrogen (secondary N) is 1. The van der Waals surface area contributed by atoms with Crippen LogP contribution < -0.4 is 5.32 Å². The lowest BCUT2D eigenvalue weighted by Crippen LogP contribution is -2.18. The number of hydrogen-bond acceptors (Lipinski definition) is 2. The maximum Gasteiger partial charge on any atom is 0.0537 e. The molecule has 0 aliphatic heterocycles. The van der Waals surface area contributed by atoms with Crippen LogP contribution in [0.25, 0.3) is 0 Å². The van der Waals surface area contributed by atoms with Gasteiger partial charge in [-0.1, -0.05) is 20.8 Å². The van der Waals surface area contributed by atoms with Crippen LogP contribution in [0.15, 0.2) is 12.4 Å². The predicted octanol–water partition coefficient (Wildman–Crippen LogP) is 2.60. The summed E-state index contributed by atoms with van der Waals surface area (Å²) in [6.07, 6.45) is 5.29. The van der Waals surface area contributed by atoms with Crippen molar-refractivity contribution in [2.24, 2.45) is 5.92 Å². The van der Waals surface area contributed by atoms with Gasteiger partial charge in [0.1, 0.15) is 0 Å². The Bertz CT molecular complexity index is 278. The Morgan fingerprint density at radius 1 is 1.40 bits per heavy atom. The van der Waals surface area contributed by atoms with Crippen LogP contribution in [0.2, 0.25) is 0 Å². The lowest BCUT2D eigenvalue weighted by molar-refractivity contribution is 0.482. The average molecular weight is 209 g/mol. The first kappa shape index (κ1) is 12.2. The summed E-state index contributed by atoms with van der Waals surface area (Å²) in [5.41, 5.74) is 1.28. The molecule has 1 aromatic rings. The third-order valence-corrected chi connectivity index (χ3v) is 2.41. The minimum absolute atomic E-state index is 0.408. The van der Waals surface area contributed by atoms with Gasteiger partial charge in [-0.3, -0.25) is 4.68 Å². The van der Waals surface area contributed by atoms with Gasteiger partial charge in [0, 0.05) is 24.3 Å². The third kappa shape index (κ3) is 4.04. The zero-order chi connectivity index (χ0) is 11.3. The van der Waals surface area contributed by atoms with Crippen LogP contribution in [0.4, 0.5) is 0 Å². The number of hydrogen-bond donors (Lipinski definition) is 1. The van der Waals surface area contributed by atoms with Crippen molar-refractivity contribution in [1.29, 1.82) is 0 Å². The van der Waals surface area contributed by atoms with Gasteiger partial charge in [0.15, 0.2) is 0 Å². The Morgan fingerprint density at radius 2 is 2.13 bits per heavy atom. The maximum absolute atomic E-state index is 4.36. The molecule has 0 aliphatic carbocycles. The molecule has 15 heavy (non-hydrogen) atoms. The number of nitrogens with zero attached hydrogens (tertiary/aromatic N) is 2. The van der Waals surface area contributed by atoms with E-state index in [1.54, 1.807) is 0 Å². The van der Waals surface area contributed by atoms with Gasteiger partial charge in [-0.25, -0.2) is 0 Å². The number of rotatable bonds is 6. The second-order valence-corrected chi connectivity index (χ2v) is 4.57. The fourth-order valence-corrected chi connectivity index (χ4v) is 1.56. The van der Waals surface area contributed by atoms with Crippen LogP contribution in [-0.4, -0.2) is 16.3 Å². The smallest absolute Gasteiger partial charge is 0.0537 e. The fraction of sp³-hybridized carbons (Fsp3) is 0.750. The SMILES string of the molecule is CCCNC(C)c1cnn(CC(C)C)c1. The molecule has 3 nitrogen and oxygen atoms in total. The summed E-state index contributed by atoms with van der Waals surface area (Å²) in [6, 6.07) is 0.408. The zero-order valence-electron chi connectivity index (χ0n) is 10.3. The normalized spacial score (nSPS) is 13.4. The van der Waals surface area contributed by atoms with Crippen LogP contribution in [0.1, 0.15) is 45.7 Å². The molecule has 0 bridgehead atoms. The van der Waals surface area contributed by atoms with Crippen LogP contribution in [0, 0.1) is 5.92 Å². The van der Waals surface area contributed by atoms with E-state index in [9.17, 15) is 0 Å². The highest BCUT2D eigenvalue weighted by molar-refractivity contribution is 5.09. The quantitative estimate of drug-likeness (QED) is 0.780. The van der Waals surface area contributed by atoms with E-state index in [0.717, 1.165) is 13.1 Å². The Hall–Kier alpha value is -0.830. The summed E-state index contributed by atoms with van der Waals surface area (Å²) in [6.45, 7) is 10.9. The first-order valence-electron chi connectivity index (χ1n) is 5.89. The van der Waals surface area contributed by atoms with E-state index in [-0.39, 0.29) is 0 Å². The Morgan fingerprint density at radius 3 is 2.73 bits per heavy atom. The molecule has 86 valence electrons. The van der Waals surface area contributed by atoms with E-state index in [0.29, 0.717) is 12.0 Å². The minimum Gasteiger partial charge on any atom is -0.310 e. The highest BCUT2D eigenvalue weighted by Gasteiger charge is 2.07. The van der Waals surface area contributed by atoms with Crippen molar-refractivity contribution in [2.45, 2.75) is 46.7 Å². The lowest BCUT2D eigenvalue weighted by atomic mass is 10.2. The molecule has 1 N–H and O–H groups in total. The van der Waals surface area contributed by atoms with E-state index in [4.69, 9.17) is 0 Å². The van der Waals surface area contributed by atoms with Gasteiger partial charge in [-0.2, -0.15) is 5.10 Å². The van der Waals surface area contributed by atoms with E-state index in [2.05, 4.69) is 44.3 Å². The molecule has 1 rings (SSSR count). The molecule has 0 fully saturated rings. The first-order chi connectivity index (χ1) is 7.13. The largest absolute Gasteiger partial charge is 0.310 e. The molecule has 0 aliphatic rings. The molecule has 1 unspecified atom stereocenters. The highest BCUT2D eigenvalue weighted by atomic mass is 15.3. The van der Waals surface area contributed by atoms with E-state index in [1.807, 2.05) is 10.9 Å². The molecule has 0 spiro atoms. The standard InChI is InChI=1S/C12H23N3/c1-5-6-13-11(4)12-7-14-15(9-12)8-10(2)3/h7,9-11,13H,5-6,8H2,1-4H3. The summed E-state index contributed by atoms with van der Waals surface area (Å²) in [5, 5.41) is 7.82.